The van der Waals surface area contributed by atoms with E-state index in [-0.39, 0.29) is 12.4 Å². The number of aryl methyl sites for hydroxylation is 1. The molecule has 0 unspecified atom stereocenters. The van der Waals surface area contributed by atoms with Gasteiger partial charge in [-0.1, -0.05) is 18.9 Å². The first kappa shape index (κ1) is 23.1. The summed E-state index contributed by atoms with van der Waals surface area (Å²) in [6.45, 7) is 4.18. The number of ether oxygens (including phenoxy) is 3. The number of fused-ring (bicyclic) bond motifs is 5. The second-order valence-electron chi connectivity index (χ2n) is 9.26. The minimum atomic E-state index is 0. The molecule has 6 rings (SSSR count). The molecule has 0 spiro atoms. The average Bonchev–Trinajstić information content (AvgIpc) is 3.31. The molecule has 6 nitrogen and oxygen atoms in total. The molecule has 0 fully saturated rings. The zero-order valence-electron chi connectivity index (χ0n) is 19.7. The lowest BCUT2D eigenvalue weighted by Gasteiger charge is -2.32. The van der Waals surface area contributed by atoms with Crippen LogP contribution in [0.2, 0.25) is 0 Å². The molecule has 180 valence electrons. The molecule has 0 saturated carbocycles. The molecule has 0 saturated heterocycles. The summed E-state index contributed by atoms with van der Waals surface area (Å²) >= 11 is 0. The molecule has 34 heavy (non-hydrogen) atoms. The van der Waals surface area contributed by atoms with Gasteiger partial charge in [-0.05, 0) is 48.5 Å². The molecule has 0 amide bonds. The van der Waals surface area contributed by atoms with Crippen LogP contribution >= 0.6 is 0 Å². The van der Waals surface area contributed by atoms with E-state index in [2.05, 4.69) is 39.8 Å². The lowest BCUT2D eigenvalue weighted by molar-refractivity contribution is -0.693. The summed E-state index contributed by atoms with van der Waals surface area (Å²) in [6, 6.07) is 11.0. The molecule has 0 radical (unpaired) electrons. The Morgan fingerprint density at radius 2 is 1.85 bits per heavy atom. The number of benzene rings is 2. The van der Waals surface area contributed by atoms with Gasteiger partial charge in [-0.2, -0.15) is 4.57 Å². The zero-order chi connectivity index (χ0) is 22.4. The molecule has 2 N–H and O–H groups in total. The number of nitrogens with zero attached hydrogens (tertiary/aromatic N) is 2. The largest absolute Gasteiger partial charge is 1.00 e. The molecule has 0 atom stereocenters. The van der Waals surface area contributed by atoms with Crippen molar-refractivity contribution < 1.29 is 31.2 Å². The molecule has 4 heterocycles. The third kappa shape index (κ3) is 3.73. The first-order valence-corrected chi connectivity index (χ1v) is 12.2. The molecular weight excluding hydrogens is 450 g/mol. The Kier molecular flexibility index (Phi) is 6.45. The standard InChI is InChI=1S/C27H32N3O3.ClH/c1-31-23-7-6-19-14-22-20-16-25-24(32-17-33-25)15-18(20)8-13-30(22)21-9-12-29(27(23)26(19)21)11-5-3-2-4-10-28;/h6-7,14-16H,2-5,8-13,17,28H2,1H3;1H/q+1;/p-1. The lowest BCUT2D eigenvalue weighted by Crippen LogP contribution is -3.00. The predicted octanol–water partition coefficient (Wildman–Crippen LogP) is 0.973. The summed E-state index contributed by atoms with van der Waals surface area (Å²) < 4.78 is 19.7. The zero-order valence-corrected chi connectivity index (χ0v) is 20.5. The van der Waals surface area contributed by atoms with Gasteiger partial charge in [0.1, 0.15) is 5.75 Å². The number of nitrogens with two attached hydrogens (primary N) is 1. The third-order valence-corrected chi connectivity index (χ3v) is 7.39. The molecule has 3 aromatic rings. The van der Waals surface area contributed by atoms with Gasteiger partial charge in [0.2, 0.25) is 12.5 Å². The normalized spacial score (nSPS) is 15.1. The topological polar surface area (TPSA) is 60.8 Å². The van der Waals surface area contributed by atoms with Crippen LogP contribution in [0.3, 0.4) is 0 Å². The first-order chi connectivity index (χ1) is 16.3. The second kappa shape index (κ2) is 9.51. The van der Waals surface area contributed by atoms with E-state index in [9.17, 15) is 0 Å². The van der Waals surface area contributed by atoms with E-state index in [1.807, 2.05) is 0 Å². The van der Waals surface area contributed by atoms with E-state index in [0.29, 0.717) is 6.79 Å². The number of methoxy groups -OCH3 is 1. The third-order valence-electron chi connectivity index (χ3n) is 7.39. The van der Waals surface area contributed by atoms with Gasteiger partial charge in [-0.25, -0.2) is 0 Å². The Bertz CT molecular complexity index is 1230. The predicted molar refractivity (Wildman–Crippen MR) is 129 cm³/mol. The van der Waals surface area contributed by atoms with E-state index in [4.69, 9.17) is 19.9 Å². The fourth-order valence-corrected chi connectivity index (χ4v) is 5.77. The van der Waals surface area contributed by atoms with Crippen LogP contribution < -0.4 is 41.8 Å². The molecule has 0 bridgehead atoms. The van der Waals surface area contributed by atoms with Crippen molar-refractivity contribution in [1.29, 1.82) is 0 Å². The maximum atomic E-state index is 5.86. The van der Waals surface area contributed by atoms with Crippen molar-refractivity contribution in [1.82, 2.24) is 0 Å². The Labute approximate surface area is 207 Å². The minimum Gasteiger partial charge on any atom is -1.00 e. The summed E-state index contributed by atoms with van der Waals surface area (Å²) in [4.78, 5) is 2.54. The molecule has 3 aliphatic heterocycles. The van der Waals surface area contributed by atoms with Crippen LogP contribution in [0.15, 0.2) is 30.3 Å². The summed E-state index contributed by atoms with van der Waals surface area (Å²) in [5, 5.41) is 2.64. The number of hydrogen-bond acceptors (Lipinski definition) is 5. The van der Waals surface area contributed by atoms with Crippen LogP contribution in [-0.4, -0.2) is 33.5 Å². The van der Waals surface area contributed by atoms with Crippen LogP contribution in [0.25, 0.3) is 22.0 Å². The monoisotopic (exact) mass is 481 g/mol. The van der Waals surface area contributed by atoms with Gasteiger partial charge in [0.15, 0.2) is 23.7 Å². The van der Waals surface area contributed by atoms with Crippen molar-refractivity contribution in [3.8, 4) is 28.5 Å². The van der Waals surface area contributed by atoms with Crippen molar-refractivity contribution in [2.45, 2.75) is 45.1 Å². The van der Waals surface area contributed by atoms with Gasteiger partial charge < -0.3 is 37.3 Å². The maximum absolute atomic E-state index is 5.86. The quantitative estimate of drug-likeness (QED) is 0.402. The van der Waals surface area contributed by atoms with Crippen molar-refractivity contribution in [3.63, 3.8) is 0 Å². The molecule has 3 aliphatic rings. The van der Waals surface area contributed by atoms with Crippen LogP contribution in [0.1, 0.15) is 36.9 Å². The lowest BCUT2D eigenvalue weighted by atomic mass is 9.91. The minimum absolute atomic E-state index is 0. The van der Waals surface area contributed by atoms with Gasteiger partial charge >= 0.3 is 0 Å². The second-order valence-corrected chi connectivity index (χ2v) is 9.26. The number of anilines is 1. The Balaban J connectivity index is 0.00000241. The Hall–Kier alpha value is -2.70. The number of rotatable bonds is 7. The van der Waals surface area contributed by atoms with Crippen molar-refractivity contribution in [3.05, 3.63) is 41.6 Å². The average molecular weight is 482 g/mol. The van der Waals surface area contributed by atoms with Crippen molar-refractivity contribution >= 4 is 16.5 Å². The fraction of sp³-hybridized carbons (Fsp3) is 0.444. The van der Waals surface area contributed by atoms with E-state index >= 15 is 0 Å². The van der Waals surface area contributed by atoms with E-state index in [0.717, 1.165) is 62.7 Å². The summed E-state index contributed by atoms with van der Waals surface area (Å²) in [5.74, 6) is 2.70. The Morgan fingerprint density at radius 1 is 1.03 bits per heavy atom. The molecule has 7 heteroatoms. The van der Waals surface area contributed by atoms with Gasteiger partial charge in [0.05, 0.1) is 30.2 Å². The number of aromatic nitrogens is 1. The summed E-state index contributed by atoms with van der Waals surface area (Å²) in [7, 11) is 1.79. The SMILES string of the molecule is COc1ccc2cc3[n+](c4c2c1N(CCCCCCN)CC4)CCc1cc2c(cc1-3)OCO2.[Cl-]. The molecule has 2 aromatic carbocycles. The number of halogens is 1. The van der Waals surface area contributed by atoms with E-state index in [1.165, 1.54) is 58.2 Å². The maximum Gasteiger partial charge on any atom is 0.231 e. The number of pyridine rings is 1. The van der Waals surface area contributed by atoms with Gasteiger partial charge in [0.25, 0.3) is 0 Å². The smallest absolute Gasteiger partial charge is 0.231 e. The van der Waals surface area contributed by atoms with E-state index < -0.39 is 0 Å². The highest BCUT2D eigenvalue weighted by Crippen LogP contribution is 2.44. The highest BCUT2D eigenvalue weighted by molar-refractivity contribution is 6.00. The highest BCUT2D eigenvalue weighted by Gasteiger charge is 2.35. The van der Waals surface area contributed by atoms with Crippen molar-refractivity contribution in [2.24, 2.45) is 5.73 Å². The van der Waals surface area contributed by atoms with E-state index in [1.54, 1.807) is 7.11 Å². The van der Waals surface area contributed by atoms with Crippen LogP contribution in [0.5, 0.6) is 17.2 Å². The first-order valence-electron chi connectivity index (χ1n) is 12.2. The van der Waals surface area contributed by atoms with Crippen LogP contribution in [0.4, 0.5) is 5.69 Å². The summed E-state index contributed by atoms with van der Waals surface area (Å²) in [5.41, 5.74) is 12.3. The summed E-state index contributed by atoms with van der Waals surface area (Å²) in [6.07, 6.45) is 6.80. The van der Waals surface area contributed by atoms with Gasteiger partial charge in [-0.3, -0.25) is 0 Å². The van der Waals surface area contributed by atoms with Gasteiger partial charge in [0, 0.05) is 25.6 Å². The van der Waals surface area contributed by atoms with Crippen LogP contribution in [-0.2, 0) is 19.4 Å². The molecule has 0 aliphatic carbocycles. The molecule has 1 aromatic heterocycles. The number of hydrogen-bond donors (Lipinski definition) is 1. The highest BCUT2D eigenvalue weighted by atomic mass is 35.5. The fourth-order valence-electron chi connectivity index (χ4n) is 5.77. The molecular formula is C27H32ClN3O3. The van der Waals surface area contributed by atoms with Gasteiger partial charge in [-0.15, -0.1) is 0 Å². The Morgan fingerprint density at radius 3 is 2.68 bits per heavy atom. The number of unbranched alkanes of at least 4 members (excludes halogenated alkanes) is 3. The van der Waals surface area contributed by atoms with Crippen molar-refractivity contribution in [2.75, 3.05) is 38.4 Å². The van der Waals surface area contributed by atoms with Crippen LogP contribution in [0, 0.1) is 0 Å².